The van der Waals surface area contributed by atoms with E-state index in [1.54, 1.807) is 12.1 Å². The second-order valence-electron chi connectivity index (χ2n) is 2.58. The molecule has 2 rings (SSSR count). The molecule has 2 heterocycles. The number of nitrogens with zero attached hydrogens (tertiary/aromatic N) is 2. The zero-order valence-electron chi connectivity index (χ0n) is 7.01. The van der Waals surface area contributed by atoms with Crippen LogP contribution in [0.1, 0.15) is 22.3 Å². The third-order valence-electron chi connectivity index (χ3n) is 1.56. The van der Waals surface area contributed by atoms with Gasteiger partial charge in [0.15, 0.2) is 5.82 Å². The number of carboxylic acids is 1. The Kier molecular flexibility index (Phi) is 2.02. The molecule has 0 aromatic carbocycles. The molecule has 0 amide bonds. The van der Waals surface area contributed by atoms with Gasteiger partial charge in [-0.3, -0.25) is 0 Å². The first-order chi connectivity index (χ1) is 6.75. The fourth-order valence-corrected chi connectivity index (χ4v) is 0.982. The third kappa shape index (κ3) is 1.63. The van der Waals surface area contributed by atoms with E-state index in [4.69, 9.17) is 9.52 Å². The van der Waals surface area contributed by atoms with E-state index in [2.05, 4.69) is 14.7 Å². The number of furan rings is 1. The molecule has 0 saturated heterocycles. The van der Waals surface area contributed by atoms with Gasteiger partial charge < -0.3 is 14.0 Å². The number of aromatic carboxylic acids is 1. The van der Waals surface area contributed by atoms with E-state index in [1.807, 2.05) is 0 Å². The first kappa shape index (κ1) is 8.49. The Morgan fingerprint density at radius 3 is 3.00 bits per heavy atom. The molecule has 0 unspecified atom stereocenters. The van der Waals surface area contributed by atoms with Crippen LogP contribution in [-0.2, 0) is 6.42 Å². The van der Waals surface area contributed by atoms with Crippen LogP contribution in [0, 0.1) is 0 Å². The maximum absolute atomic E-state index is 10.4. The van der Waals surface area contributed by atoms with Crippen molar-refractivity contribution in [1.82, 2.24) is 10.1 Å². The van der Waals surface area contributed by atoms with Crippen molar-refractivity contribution in [1.29, 1.82) is 0 Å². The van der Waals surface area contributed by atoms with E-state index in [9.17, 15) is 4.79 Å². The van der Waals surface area contributed by atoms with Gasteiger partial charge in [-0.25, -0.2) is 4.79 Å². The summed E-state index contributed by atoms with van der Waals surface area (Å²) in [7, 11) is 0. The summed E-state index contributed by atoms with van der Waals surface area (Å²) < 4.78 is 9.51. The molecule has 0 fully saturated rings. The second-order valence-corrected chi connectivity index (χ2v) is 2.58. The minimum Gasteiger partial charge on any atom is -0.474 e. The summed E-state index contributed by atoms with van der Waals surface area (Å²) in [6, 6.07) is 3.48. The molecule has 0 atom stereocenters. The lowest BCUT2D eigenvalue weighted by molar-refractivity contribution is 0.0643. The Hall–Kier alpha value is -2.11. The molecule has 6 heteroatoms. The molecular weight excluding hydrogens is 188 g/mol. The maximum Gasteiger partial charge on any atom is 0.394 e. The quantitative estimate of drug-likeness (QED) is 0.782. The molecular formula is C8H6N2O4. The van der Waals surface area contributed by atoms with E-state index in [1.165, 1.54) is 6.26 Å². The fraction of sp³-hybridized carbons (Fsp3) is 0.125. The van der Waals surface area contributed by atoms with E-state index < -0.39 is 11.9 Å². The summed E-state index contributed by atoms with van der Waals surface area (Å²) in [4.78, 5) is 14.0. The molecule has 0 saturated carbocycles. The van der Waals surface area contributed by atoms with Gasteiger partial charge in [0.25, 0.3) is 0 Å². The minimum atomic E-state index is -1.23. The van der Waals surface area contributed by atoms with Gasteiger partial charge in [-0.2, -0.15) is 4.98 Å². The summed E-state index contributed by atoms with van der Waals surface area (Å²) in [5.41, 5.74) is 0. The van der Waals surface area contributed by atoms with Gasteiger partial charge in [-0.05, 0) is 12.1 Å². The van der Waals surface area contributed by atoms with Crippen LogP contribution in [0.3, 0.4) is 0 Å². The highest BCUT2D eigenvalue weighted by Gasteiger charge is 2.13. The first-order valence-corrected chi connectivity index (χ1v) is 3.84. The maximum atomic E-state index is 10.4. The zero-order chi connectivity index (χ0) is 9.97. The van der Waals surface area contributed by atoms with Crippen molar-refractivity contribution in [2.24, 2.45) is 0 Å². The van der Waals surface area contributed by atoms with Crippen LogP contribution in [0.25, 0.3) is 0 Å². The highest BCUT2D eigenvalue weighted by Crippen LogP contribution is 2.06. The van der Waals surface area contributed by atoms with Gasteiger partial charge in [0, 0.05) is 0 Å². The van der Waals surface area contributed by atoms with Crippen molar-refractivity contribution < 1.29 is 18.8 Å². The Balaban J connectivity index is 2.14. The smallest absolute Gasteiger partial charge is 0.394 e. The lowest BCUT2D eigenvalue weighted by atomic mass is 10.3. The standard InChI is InChI=1S/C8H6N2O4/c11-8(12)7-9-6(10-14-7)4-5-2-1-3-13-5/h1-3H,4H2,(H,11,12). The van der Waals surface area contributed by atoms with Gasteiger partial charge in [0.2, 0.25) is 0 Å². The molecule has 72 valence electrons. The molecule has 0 aliphatic carbocycles. The Morgan fingerprint density at radius 2 is 2.43 bits per heavy atom. The van der Waals surface area contributed by atoms with Gasteiger partial charge in [0.05, 0.1) is 12.7 Å². The number of hydrogen-bond donors (Lipinski definition) is 1. The number of rotatable bonds is 3. The van der Waals surface area contributed by atoms with Gasteiger partial charge >= 0.3 is 11.9 Å². The van der Waals surface area contributed by atoms with Crippen LogP contribution in [0.4, 0.5) is 0 Å². The molecule has 2 aromatic heterocycles. The lowest BCUT2D eigenvalue weighted by Crippen LogP contribution is -1.96. The van der Waals surface area contributed by atoms with Crippen LogP contribution in [0.5, 0.6) is 0 Å². The average molecular weight is 194 g/mol. The second kappa shape index (κ2) is 3.33. The predicted molar refractivity (Wildman–Crippen MR) is 42.8 cm³/mol. The van der Waals surface area contributed by atoms with E-state index in [-0.39, 0.29) is 5.82 Å². The molecule has 0 spiro atoms. The molecule has 0 aliphatic rings. The largest absolute Gasteiger partial charge is 0.474 e. The minimum absolute atomic E-state index is 0.289. The van der Waals surface area contributed by atoms with E-state index in [0.29, 0.717) is 12.2 Å². The summed E-state index contributed by atoms with van der Waals surface area (Å²) in [6.45, 7) is 0. The molecule has 0 radical (unpaired) electrons. The monoisotopic (exact) mass is 194 g/mol. The van der Waals surface area contributed by atoms with Crippen LogP contribution in [0.15, 0.2) is 27.3 Å². The fourth-order valence-electron chi connectivity index (χ4n) is 0.982. The van der Waals surface area contributed by atoms with Crippen LogP contribution >= 0.6 is 0 Å². The van der Waals surface area contributed by atoms with Crippen LogP contribution in [-0.4, -0.2) is 21.2 Å². The number of hydrogen-bond acceptors (Lipinski definition) is 5. The molecule has 6 nitrogen and oxygen atoms in total. The molecule has 14 heavy (non-hydrogen) atoms. The van der Waals surface area contributed by atoms with Gasteiger partial charge in [-0.1, -0.05) is 5.16 Å². The molecule has 2 aromatic rings. The molecule has 0 aliphatic heterocycles. The first-order valence-electron chi connectivity index (χ1n) is 3.84. The number of aromatic nitrogens is 2. The van der Waals surface area contributed by atoms with E-state index in [0.717, 1.165) is 0 Å². The highest BCUT2D eigenvalue weighted by atomic mass is 16.5. The molecule has 1 N–H and O–H groups in total. The normalized spacial score (nSPS) is 10.3. The van der Waals surface area contributed by atoms with Crippen molar-refractivity contribution in [2.75, 3.05) is 0 Å². The predicted octanol–water partition coefficient (Wildman–Crippen LogP) is 0.952. The average Bonchev–Trinajstić information content (AvgIpc) is 2.75. The number of carboxylic acid groups (broad SMARTS) is 1. The topological polar surface area (TPSA) is 89.4 Å². The Bertz CT molecular complexity index is 432. The third-order valence-corrected chi connectivity index (χ3v) is 1.56. The highest BCUT2D eigenvalue weighted by molar-refractivity contribution is 5.81. The van der Waals surface area contributed by atoms with Crippen LogP contribution < -0.4 is 0 Å². The van der Waals surface area contributed by atoms with Crippen molar-refractivity contribution in [3.8, 4) is 0 Å². The summed E-state index contributed by atoms with van der Waals surface area (Å²) in [6.07, 6.45) is 1.84. The van der Waals surface area contributed by atoms with E-state index >= 15 is 0 Å². The zero-order valence-corrected chi connectivity index (χ0v) is 7.01. The Labute approximate surface area is 78.2 Å². The van der Waals surface area contributed by atoms with Gasteiger partial charge in [0.1, 0.15) is 5.76 Å². The molecule has 0 bridgehead atoms. The summed E-state index contributed by atoms with van der Waals surface area (Å²) >= 11 is 0. The Morgan fingerprint density at radius 1 is 1.57 bits per heavy atom. The van der Waals surface area contributed by atoms with Crippen molar-refractivity contribution >= 4 is 5.97 Å². The summed E-state index contributed by atoms with van der Waals surface area (Å²) in [5, 5.41) is 12.0. The van der Waals surface area contributed by atoms with Crippen LogP contribution in [0.2, 0.25) is 0 Å². The number of carbonyl (C=O) groups is 1. The summed E-state index contributed by atoms with van der Waals surface area (Å²) in [5.74, 6) is -0.699. The van der Waals surface area contributed by atoms with Crippen molar-refractivity contribution in [2.45, 2.75) is 6.42 Å². The SMILES string of the molecule is O=C(O)c1nc(Cc2ccco2)no1. The van der Waals surface area contributed by atoms with Crippen molar-refractivity contribution in [3.63, 3.8) is 0 Å². The lowest BCUT2D eigenvalue weighted by Gasteiger charge is -1.86. The van der Waals surface area contributed by atoms with Crippen molar-refractivity contribution in [3.05, 3.63) is 35.9 Å². The van der Waals surface area contributed by atoms with Gasteiger partial charge in [-0.15, -0.1) is 0 Å².